The number of piperidine rings is 1. The average Bonchev–Trinajstić information content (AvgIpc) is 2.88. The van der Waals surface area contributed by atoms with Crippen LogP contribution in [0.2, 0.25) is 0 Å². The average molecular weight is 550 g/mol. The number of rotatable bonds is 6. The van der Waals surface area contributed by atoms with E-state index in [1.807, 2.05) is 17.0 Å². The lowest BCUT2D eigenvalue weighted by Crippen LogP contribution is -2.51. The van der Waals surface area contributed by atoms with E-state index in [-0.39, 0.29) is 36.3 Å². The number of nitrogens with one attached hydrogen (secondary N) is 1. The summed E-state index contributed by atoms with van der Waals surface area (Å²) in [6.45, 7) is 1.05. The number of hydrogen-bond acceptors (Lipinski definition) is 8. The molecule has 38 heavy (non-hydrogen) atoms. The van der Waals surface area contributed by atoms with Crippen molar-refractivity contribution in [2.75, 3.05) is 36.4 Å². The van der Waals surface area contributed by atoms with Crippen LogP contribution < -0.4 is 10.2 Å². The number of hydrogen-bond donors (Lipinski definition) is 3. The van der Waals surface area contributed by atoms with Gasteiger partial charge in [0.2, 0.25) is 10.0 Å². The monoisotopic (exact) mass is 549 g/mol. The van der Waals surface area contributed by atoms with Crippen molar-refractivity contribution < 1.29 is 31.8 Å². The Kier molecular flexibility index (Phi) is 7.03. The van der Waals surface area contributed by atoms with E-state index in [9.17, 15) is 31.8 Å². The van der Waals surface area contributed by atoms with Gasteiger partial charge < -0.3 is 20.4 Å². The third-order valence-corrected chi connectivity index (χ3v) is 8.61. The standard InChI is InChI=1S/C25H26F3N5O4S/c26-25(27,28)18-4-7-23(29-12-18)31-21-9-10-33(15-22(21)35)38(36,37)20-5-1-16(2-6-20)17-3-8-24(30-11-17)32-13-19(34)14-32/h1-8,11-12,19,21-22,34-35H,9-10,13-15H2,(H,29,31)/t21-,22+/m1/s1. The lowest BCUT2D eigenvalue weighted by molar-refractivity contribution is -0.137. The molecule has 2 saturated heterocycles. The molecule has 2 fully saturated rings. The minimum atomic E-state index is -4.50. The van der Waals surface area contributed by atoms with E-state index >= 15 is 0 Å². The molecule has 9 nitrogen and oxygen atoms in total. The predicted molar refractivity (Wildman–Crippen MR) is 134 cm³/mol. The number of halogens is 3. The Bertz CT molecular complexity index is 1360. The zero-order chi connectivity index (χ0) is 27.1. The highest BCUT2D eigenvalue weighted by Gasteiger charge is 2.35. The van der Waals surface area contributed by atoms with Crippen molar-refractivity contribution in [2.45, 2.75) is 35.7 Å². The molecule has 0 radical (unpaired) electrons. The van der Waals surface area contributed by atoms with Crippen molar-refractivity contribution in [3.63, 3.8) is 0 Å². The number of β-amino-alcohol motifs (C(OH)–C–C–N with tert-alkyl or cyclic N) is 2. The second kappa shape index (κ2) is 10.1. The Hall–Kier alpha value is -3.26. The Balaban J connectivity index is 1.21. The van der Waals surface area contributed by atoms with Gasteiger partial charge in [-0.25, -0.2) is 18.4 Å². The molecule has 2 aromatic heterocycles. The minimum absolute atomic E-state index is 0.0865. The molecular formula is C25H26F3N5O4S. The molecule has 2 aliphatic rings. The number of aliphatic hydroxyl groups is 2. The van der Waals surface area contributed by atoms with Gasteiger partial charge >= 0.3 is 6.18 Å². The second-order valence-electron chi connectivity index (χ2n) is 9.39. The van der Waals surface area contributed by atoms with Gasteiger partial charge in [-0.15, -0.1) is 0 Å². The number of benzene rings is 1. The molecule has 0 bridgehead atoms. The van der Waals surface area contributed by atoms with Gasteiger partial charge in [-0.1, -0.05) is 12.1 Å². The minimum Gasteiger partial charge on any atom is -0.390 e. The fourth-order valence-electron chi connectivity index (χ4n) is 4.48. The smallest absolute Gasteiger partial charge is 0.390 e. The fourth-order valence-corrected chi connectivity index (χ4v) is 5.95. The van der Waals surface area contributed by atoms with Gasteiger partial charge in [0, 0.05) is 44.1 Å². The molecular weight excluding hydrogens is 523 g/mol. The van der Waals surface area contributed by atoms with Crippen molar-refractivity contribution in [1.29, 1.82) is 0 Å². The molecule has 0 saturated carbocycles. The van der Waals surface area contributed by atoms with E-state index in [2.05, 4.69) is 15.3 Å². The van der Waals surface area contributed by atoms with Crippen LogP contribution in [0.1, 0.15) is 12.0 Å². The molecule has 0 spiro atoms. The van der Waals surface area contributed by atoms with E-state index in [0.717, 1.165) is 23.0 Å². The van der Waals surface area contributed by atoms with Crippen LogP contribution in [0.4, 0.5) is 24.8 Å². The lowest BCUT2D eigenvalue weighted by atomic mass is 10.0. The third-order valence-electron chi connectivity index (χ3n) is 6.73. The van der Waals surface area contributed by atoms with E-state index in [4.69, 9.17) is 0 Å². The quantitative estimate of drug-likeness (QED) is 0.430. The fraction of sp³-hybridized carbons (Fsp3) is 0.360. The largest absolute Gasteiger partial charge is 0.417 e. The maximum Gasteiger partial charge on any atom is 0.417 e. The highest BCUT2D eigenvalue weighted by atomic mass is 32.2. The zero-order valence-electron chi connectivity index (χ0n) is 20.1. The first-order valence-electron chi connectivity index (χ1n) is 12.0. The van der Waals surface area contributed by atoms with Crippen LogP contribution in [0.25, 0.3) is 11.1 Å². The molecule has 3 N–H and O–H groups in total. The normalized spacial score (nSPS) is 21.2. The molecule has 13 heteroatoms. The predicted octanol–water partition coefficient (Wildman–Crippen LogP) is 2.58. The van der Waals surface area contributed by atoms with Crippen LogP contribution >= 0.6 is 0 Å². The summed E-state index contributed by atoms with van der Waals surface area (Å²) in [7, 11) is -3.87. The van der Waals surface area contributed by atoms with Gasteiger partial charge in [-0.3, -0.25) is 0 Å². The van der Waals surface area contributed by atoms with Crippen LogP contribution in [-0.2, 0) is 16.2 Å². The van der Waals surface area contributed by atoms with Crippen molar-refractivity contribution in [3.8, 4) is 11.1 Å². The Morgan fingerprint density at radius 3 is 2.16 bits per heavy atom. The van der Waals surface area contributed by atoms with Crippen molar-refractivity contribution >= 4 is 21.7 Å². The first-order chi connectivity index (χ1) is 18.0. The number of anilines is 2. The third kappa shape index (κ3) is 5.46. The molecule has 0 aliphatic carbocycles. The topological polar surface area (TPSA) is 119 Å². The summed E-state index contributed by atoms with van der Waals surface area (Å²) in [5.41, 5.74) is 0.729. The number of aromatic nitrogens is 2. The van der Waals surface area contributed by atoms with Crippen LogP contribution in [0.5, 0.6) is 0 Å². The first-order valence-corrected chi connectivity index (χ1v) is 13.4. The van der Waals surface area contributed by atoms with Crippen LogP contribution in [-0.4, -0.2) is 77.3 Å². The van der Waals surface area contributed by atoms with E-state index in [1.54, 1.807) is 18.3 Å². The summed E-state index contributed by atoms with van der Waals surface area (Å²) in [6.07, 6.45) is -3.26. The number of nitrogens with zero attached hydrogens (tertiary/aromatic N) is 4. The van der Waals surface area contributed by atoms with E-state index in [0.29, 0.717) is 19.3 Å². The van der Waals surface area contributed by atoms with Gasteiger partial charge in [-0.2, -0.15) is 17.5 Å². The molecule has 4 heterocycles. The number of alkyl halides is 3. The van der Waals surface area contributed by atoms with Crippen molar-refractivity contribution in [1.82, 2.24) is 14.3 Å². The molecule has 3 aromatic rings. The second-order valence-corrected chi connectivity index (χ2v) is 11.3. The number of pyridine rings is 2. The summed E-state index contributed by atoms with van der Waals surface area (Å²) in [4.78, 5) is 10.2. The van der Waals surface area contributed by atoms with Crippen LogP contribution in [0.3, 0.4) is 0 Å². The number of aliphatic hydroxyl groups excluding tert-OH is 2. The van der Waals surface area contributed by atoms with Crippen molar-refractivity contribution in [3.05, 3.63) is 66.5 Å². The summed E-state index contributed by atoms with van der Waals surface area (Å²) in [5, 5.41) is 22.9. The zero-order valence-corrected chi connectivity index (χ0v) is 20.9. The van der Waals surface area contributed by atoms with E-state index in [1.165, 1.54) is 22.5 Å². The molecule has 2 atom stereocenters. The molecule has 0 unspecified atom stereocenters. The van der Waals surface area contributed by atoms with E-state index < -0.39 is 33.9 Å². The van der Waals surface area contributed by atoms with Gasteiger partial charge in [0.1, 0.15) is 11.6 Å². The van der Waals surface area contributed by atoms with Crippen LogP contribution in [0.15, 0.2) is 65.8 Å². The number of sulfonamides is 1. The maximum atomic E-state index is 13.2. The molecule has 0 amide bonds. The van der Waals surface area contributed by atoms with Gasteiger partial charge in [0.05, 0.1) is 28.7 Å². The highest BCUT2D eigenvalue weighted by molar-refractivity contribution is 7.89. The lowest BCUT2D eigenvalue weighted by Gasteiger charge is -2.36. The summed E-state index contributed by atoms with van der Waals surface area (Å²) in [6, 6.07) is 11.6. The summed E-state index contributed by atoms with van der Waals surface area (Å²) >= 11 is 0. The maximum absolute atomic E-state index is 13.2. The molecule has 5 rings (SSSR count). The van der Waals surface area contributed by atoms with Crippen molar-refractivity contribution in [2.24, 2.45) is 0 Å². The van der Waals surface area contributed by atoms with Gasteiger partial charge in [0.15, 0.2) is 0 Å². The summed E-state index contributed by atoms with van der Waals surface area (Å²) in [5.74, 6) is 0.933. The Labute approximate surface area is 217 Å². The SMILES string of the molecule is O=S(=O)(c1ccc(-c2ccc(N3CC(O)C3)nc2)cc1)N1CC[C@@H](Nc2ccc(C(F)(F)F)cn2)[C@@H](O)C1. The Morgan fingerprint density at radius 2 is 1.61 bits per heavy atom. The van der Waals surface area contributed by atoms with Gasteiger partial charge in [0.25, 0.3) is 0 Å². The first kappa shape index (κ1) is 26.4. The molecule has 202 valence electrons. The highest BCUT2D eigenvalue weighted by Crippen LogP contribution is 2.30. The summed E-state index contributed by atoms with van der Waals surface area (Å²) < 4.78 is 65.8. The molecule has 1 aromatic carbocycles. The Morgan fingerprint density at radius 1 is 0.895 bits per heavy atom. The van der Waals surface area contributed by atoms with Crippen LogP contribution in [0, 0.1) is 0 Å². The van der Waals surface area contributed by atoms with Gasteiger partial charge in [-0.05, 0) is 48.4 Å². The molecule has 2 aliphatic heterocycles.